The second kappa shape index (κ2) is 11.4. The SMILES string of the molecule is c1ccc(-c2ccc(-c3nc(-c4ccccc4)nc(-n4c5ccccc5c5cc6oc7ccc(-c8ccccc8)cc7c6cc54)n3)cc2)cc1. The Bertz CT molecular complexity index is 2840. The minimum absolute atomic E-state index is 0.560. The Kier molecular flexibility index (Phi) is 6.42. The highest BCUT2D eigenvalue weighted by Crippen LogP contribution is 2.39. The van der Waals surface area contributed by atoms with E-state index in [-0.39, 0.29) is 0 Å². The lowest BCUT2D eigenvalue weighted by Crippen LogP contribution is -2.06. The Balaban J connectivity index is 1.21. The summed E-state index contributed by atoms with van der Waals surface area (Å²) in [5.41, 5.74) is 10.2. The van der Waals surface area contributed by atoms with Crippen LogP contribution in [0.5, 0.6) is 0 Å². The van der Waals surface area contributed by atoms with E-state index in [0.717, 1.165) is 66.0 Å². The maximum Gasteiger partial charge on any atom is 0.238 e. The Labute approximate surface area is 287 Å². The molecule has 0 atom stereocenters. The van der Waals surface area contributed by atoms with Crippen LogP contribution in [0.2, 0.25) is 0 Å². The Morgan fingerprint density at radius 1 is 0.340 bits per heavy atom. The smallest absolute Gasteiger partial charge is 0.238 e. The van der Waals surface area contributed by atoms with Crippen molar-refractivity contribution in [2.45, 2.75) is 0 Å². The van der Waals surface area contributed by atoms with Gasteiger partial charge in [-0.15, -0.1) is 0 Å². The van der Waals surface area contributed by atoms with Gasteiger partial charge in [-0.1, -0.05) is 140 Å². The molecule has 0 aliphatic carbocycles. The third-order valence-corrected chi connectivity index (χ3v) is 9.48. The monoisotopic (exact) mass is 640 g/mol. The Morgan fingerprint density at radius 3 is 1.56 bits per heavy atom. The predicted molar refractivity (Wildman–Crippen MR) is 203 cm³/mol. The second-order valence-electron chi connectivity index (χ2n) is 12.5. The fourth-order valence-electron chi connectivity index (χ4n) is 7.02. The van der Waals surface area contributed by atoms with Crippen LogP contribution in [0.4, 0.5) is 0 Å². The van der Waals surface area contributed by atoms with Crippen LogP contribution in [0.15, 0.2) is 174 Å². The summed E-state index contributed by atoms with van der Waals surface area (Å²) in [6, 6.07) is 58.6. The van der Waals surface area contributed by atoms with Gasteiger partial charge in [-0.2, -0.15) is 9.97 Å². The number of hydrogen-bond acceptors (Lipinski definition) is 4. The zero-order valence-electron chi connectivity index (χ0n) is 26.9. The van der Waals surface area contributed by atoms with Gasteiger partial charge in [0.15, 0.2) is 11.6 Å². The molecule has 3 aromatic heterocycles. The van der Waals surface area contributed by atoms with E-state index in [1.807, 2.05) is 42.5 Å². The third-order valence-electron chi connectivity index (χ3n) is 9.48. The highest BCUT2D eigenvalue weighted by Gasteiger charge is 2.20. The fraction of sp³-hybridized carbons (Fsp3) is 0. The van der Waals surface area contributed by atoms with E-state index in [9.17, 15) is 0 Å². The summed E-state index contributed by atoms with van der Waals surface area (Å²) in [6.07, 6.45) is 0. The molecule has 0 saturated heterocycles. The number of para-hydroxylation sites is 1. The molecule has 0 aliphatic rings. The molecule has 10 rings (SSSR count). The van der Waals surface area contributed by atoms with Gasteiger partial charge in [0.05, 0.1) is 11.0 Å². The van der Waals surface area contributed by atoms with Gasteiger partial charge >= 0.3 is 0 Å². The van der Waals surface area contributed by atoms with Crippen molar-refractivity contribution in [2.75, 3.05) is 0 Å². The number of hydrogen-bond donors (Lipinski definition) is 0. The first-order valence-electron chi connectivity index (χ1n) is 16.7. The molecule has 234 valence electrons. The van der Waals surface area contributed by atoms with E-state index in [0.29, 0.717) is 17.6 Å². The normalized spacial score (nSPS) is 11.6. The van der Waals surface area contributed by atoms with Crippen LogP contribution >= 0.6 is 0 Å². The zero-order valence-corrected chi connectivity index (χ0v) is 26.9. The van der Waals surface area contributed by atoms with Crippen LogP contribution in [0.25, 0.3) is 94.7 Å². The van der Waals surface area contributed by atoms with Gasteiger partial charge in [0.2, 0.25) is 5.95 Å². The summed E-state index contributed by atoms with van der Waals surface area (Å²) >= 11 is 0. The lowest BCUT2D eigenvalue weighted by Gasteiger charge is -2.11. The van der Waals surface area contributed by atoms with E-state index >= 15 is 0 Å². The van der Waals surface area contributed by atoms with E-state index < -0.39 is 0 Å². The minimum Gasteiger partial charge on any atom is -0.456 e. The van der Waals surface area contributed by atoms with Crippen molar-refractivity contribution in [3.8, 4) is 51.0 Å². The summed E-state index contributed by atoms with van der Waals surface area (Å²) in [4.78, 5) is 15.3. The van der Waals surface area contributed by atoms with Crippen LogP contribution in [0.1, 0.15) is 0 Å². The van der Waals surface area contributed by atoms with Gasteiger partial charge in [0.25, 0.3) is 0 Å². The van der Waals surface area contributed by atoms with Crippen molar-refractivity contribution in [3.63, 3.8) is 0 Å². The number of aromatic nitrogens is 4. The first-order chi connectivity index (χ1) is 24.8. The van der Waals surface area contributed by atoms with Gasteiger partial charge < -0.3 is 4.42 Å². The van der Waals surface area contributed by atoms with Crippen LogP contribution < -0.4 is 0 Å². The number of benzene rings is 7. The van der Waals surface area contributed by atoms with Crippen LogP contribution in [0.3, 0.4) is 0 Å². The summed E-state index contributed by atoms with van der Waals surface area (Å²) in [5, 5.41) is 4.29. The molecule has 0 radical (unpaired) electrons. The van der Waals surface area contributed by atoms with Crippen molar-refractivity contribution in [1.82, 2.24) is 19.5 Å². The topological polar surface area (TPSA) is 56.7 Å². The molecule has 0 fully saturated rings. The number of furan rings is 1. The number of fused-ring (bicyclic) bond motifs is 6. The molecular formula is C45H28N4O. The van der Waals surface area contributed by atoms with E-state index in [4.69, 9.17) is 19.4 Å². The van der Waals surface area contributed by atoms with Gasteiger partial charge in [0.1, 0.15) is 11.2 Å². The third kappa shape index (κ3) is 4.67. The first-order valence-corrected chi connectivity index (χ1v) is 16.7. The van der Waals surface area contributed by atoms with Crippen LogP contribution in [0, 0.1) is 0 Å². The molecule has 5 nitrogen and oxygen atoms in total. The number of nitrogens with zero attached hydrogens (tertiary/aromatic N) is 4. The average Bonchev–Trinajstić information content (AvgIpc) is 3.72. The maximum absolute atomic E-state index is 6.46. The lowest BCUT2D eigenvalue weighted by molar-refractivity contribution is 0.669. The second-order valence-corrected chi connectivity index (χ2v) is 12.5. The molecule has 7 aromatic carbocycles. The molecule has 3 heterocycles. The van der Waals surface area contributed by atoms with E-state index in [1.54, 1.807) is 0 Å². The molecule has 50 heavy (non-hydrogen) atoms. The van der Waals surface area contributed by atoms with Gasteiger partial charge in [-0.25, -0.2) is 4.98 Å². The largest absolute Gasteiger partial charge is 0.456 e. The highest BCUT2D eigenvalue weighted by atomic mass is 16.3. The van der Waals surface area contributed by atoms with Gasteiger partial charge in [-0.3, -0.25) is 4.57 Å². The first kappa shape index (κ1) is 28.2. The standard InChI is InChI=1S/C45H28N4O/c1-4-12-29(13-5-1)31-20-22-33(23-21-31)44-46-43(32-16-8-3-9-17-32)47-45(48-44)49-39-19-11-10-18-35(39)36-28-42-38(27-40(36)49)37-26-34(24-25-41(37)50-42)30-14-6-2-7-15-30/h1-28H. The quantitative estimate of drug-likeness (QED) is 0.188. The molecule has 0 spiro atoms. The maximum atomic E-state index is 6.46. The molecule has 0 amide bonds. The minimum atomic E-state index is 0.560. The molecule has 0 aliphatic heterocycles. The van der Waals surface area contributed by atoms with Gasteiger partial charge in [-0.05, 0) is 52.6 Å². The molecular weight excluding hydrogens is 613 g/mol. The summed E-state index contributed by atoms with van der Waals surface area (Å²) in [5.74, 6) is 1.79. The molecule has 5 heteroatoms. The Hall–Kier alpha value is -6.85. The highest BCUT2D eigenvalue weighted by molar-refractivity contribution is 6.17. The summed E-state index contributed by atoms with van der Waals surface area (Å²) in [7, 11) is 0. The summed E-state index contributed by atoms with van der Waals surface area (Å²) in [6.45, 7) is 0. The van der Waals surface area contributed by atoms with Crippen molar-refractivity contribution in [2.24, 2.45) is 0 Å². The lowest BCUT2D eigenvalue weighted by atomic mass is 10.0. The number of rotatable bonds is 5. The predicted octanol–water partition coefficient (Wildman–Crippen LogP) is 11.5. The van der Waals surface area contributed by atoms with E-state index in [1.165, 1.54) is 11.1 Å². The molecule has 0 saturated carbocycles. The summed E-state index contributed by atoms with van der Waals surface area (Å²) < 4.78 is 8.63. The van der Waals surface area contributed by atoms with E-state index in [2.05, 4.69) is 132 Å². The van der Waals surface area contributed by atoms with Crippen LogP contribution in [-0.2, 0) is 0 Å². The molecule has 0 N–H and O–H groups in total. The average molecular weight is 641 g/mol. The van der Waals surface area contributed by atoms with Crippen LogP contribution in [-0.4, -0.2) is 19.5 Å². The van der Waals surface area contributed by atoms with Crippen molar-refractivity contribution in [3.05, 3.63) is 170 Å². The zero-order chi connectivity index (χ0) is 33.0. The van der Waals surface area contributed by atoms with Crippen molar-refractivity contribution >= 4 is 43.7 Å². The molecule has 0 bridgehead atoms. The molecule has 0 unspecified atom stereocenters. The van der Waals surface area contributed by atoms with Gasteiger partial charge in [0, 0.05) is 32.7 Å². The Morgan fingerprint density at radius 2 is 0.860 bits per heavy atom. The fourth-order valence-corrected chi connectivity index (χ4v) is 7.02. The van der Waals surface area contributed by atoms with Crippen molar-refractivity contribution < 1.29 is 4.42 Å². The van der Waals surface area contributed by atoms with Crippen molar-refractivity contribution in [1.29, 1.82) is 0 Å². The molecule has 10 aromatic rings.